The van der Waals surface area contributed by atoms with Crippen molar-refractivity contribution in [2.24, 2.45) is 0 Å². The van der Waals surface area contributed by atoms with Gasteiger partial charge in [-0.25, -0.2) is 9.78 Å². The highest BCUT2D eigenvalue weighted by molar-refractivity contribution is 8.00. The van der Waals surface area contributed by atoms with E-state index in [-0.39, 0.29) is 16.8 Å². The predicted molar refractivity (Wildman–Crippen MR) is 105 cm³/mol. The second-order valence-corrected chi connectivity index (χ2v) is 7.29. The van der Waals surface area contributed by atoms with Crippen LogP contribution in [0.15, 0.2) is 64.4 Å². The summed E-state index contributed by atoms with van der Waals surface area (Å²) in [5.74, 6) is -0.123. The third kappa shape index (κ3) is 3.34. The summed E-state index contributed by atoms with van der Waals surface area (Å²) in [5, 5.41) is 4.44. The molecule has 2 aromatic carbocycles. The number of para-hydroxylation sites is 1. The van der Waals surface area contributed by atoms with Crippen LogP contribution in [0.25, 0.3) is 21.9 Å². The van der Waals surface area contributed by atoms with E-state index < -0.39 is 0 Å². The Hall–Kier alpha value is -3.06. The Balaban J connectivity index is 1.48. The number of fused-ring (bicyclic) bond motifs is 2. The number of imidazole rings is 1. The molecule has 4 rings (SSSR count). The second kappa shape index (κ2) is 6.68. The largest absolute Gasteiger partial charge is 0.325 e. The molecule has 7 heteroatoms. The van der Waals surface area contributed by atoms with Crippen molar-refractivity contribution in [1.82, 2.24) is 15.0 Å². The lowest BCUT2D eigenvalue weighted by Crippen LogP contribution is -2.22. The van der Waals surface area contributed by atoms with Gasteiger partial charge < -0.3 is 15.3 Å². The lowest BCUT2D eigenvalue weighted by molar-refractivity contribution is -0.115. The third-order valence-corrected chi connectivity index (χ3v) is 5.06. The SMILES string of the molecule is CC(Sc1ccc2ccccc2n1)C(=O)Nc1ccc2[nH]c(=O)[nH]c2c1. The molecule has 2 heterocycles. The number of nitrogens with zero attached hydrogens (tertiary/aromatic N) is 1. The highest BCUT2D eigenvalue weighted by Gasteiger charge is 2.16. The smallest absolute Gasteiger partial charge is 0.323 e. The fourth-order valence-corrected chi connectivity index (χ4v) is 3.53. The Bertz CT molecular complexity index is 1160. The van der Waals surface area contributed by atoms with E-state index in [1.54, 1.807) is 18.2 Å². The van der Waals surface area contributed by atoms with E-state index in [1.807, 2.05) is 43.3 Å². The van der Waals surface area contributed by atoms with Gasteiger partial charge in [0.15, 0.2) is 0 Å². The number of aromatic amines is 2. The van der Waals surface area contributed by atoms with Crippen molar-refractivity contribution in [3.63, 3.8) is 0 Å². The normalized spacial score (nSPS) is 12.3. The van der Waals surface area contributed by atoms with Crippen molar-refractivity contribution in [3.05, 3.63) is 65.1 Å². The summed E-state index contributed by atoms with van der Waals surface area (Å²) in [6.07, 6.45) is 0. The number of rotatable bonds is 4. The number of nitrogens with one attached hydrogen (secondary N) is 3. The number of hydrogen-bond acceptors (Lipinski definition) is 4. The number of H-pyrrole nitrogens is 2. The Morgan fingerprint density at radius 3 is 2.77 bits per heavy atom. The molecule has 6 nitrogen and oxygen atoms in total. The molecule has 1 unspecified atom stereocenters. The van der Waals surface area contributed by atoms with Gasteiger partial charge in [-0.1, -0.05) is 36.0 Å². The molecule has 0 fully saturated rings. The first kappa shape index (κ1) is 16.4. The van der Waals surface area contributed by atoms with Gasteiger partial charge in [0.25, 0.3) is 0 Å². The molecule has 0 aliphatic heterocycles. The quantitative estimate of drug-likeness (QED) is 0.483. The summed E-state index contributed by atoms with van der Waals surface area (Å²) in [7, 11) is 0. The molecule has 26 heavy (non-hydrogen) atoms. The monoisotopic (exact) mass is 364 g/mol. The number of carbonyl (C=O) groups excluding carboxylic acids is 1. The maximum Gasteiger partial charge on any atom is 0.323 e. The van der Waals surface area contributed by atoms with Crippen LogP contribution in [0.5, 0.6) is 0 Å². The summed E-state index contributed by atoms with van der Waals surface area (Å²) < 4.78 is 0. The molecule has 1 amide bonds. The van der Waals surface area contributed by atoms with Gasteiger partial charge >= 0.3 is 5.69 Å². The van der Waals surface area contributed by atoms with E-state index in [0.29, 0.717) is 16.7 Å². The van der Waals surface area contributed by atoms with Gasteiger partial charge in [-0.2, -0.15) is 0 Å². The van der Waals surface area contributed by atoms with Crippen LogP contribution < -0.4 is 11.0 Å². The number of carbonyl (C=O) groups is 1. The van der Waals surface area contributed by atoms with Gasteiger partial charge in [0.2, 0.25) is 5.91 Å². The molecule has 3 N–H and O–H groups in total. The van der Waals surface area contributed by atoms with E-state index >= 15 is 0 Å². The zero-order valence-electron chi connectivity index (χ0n) is 13.9. The lowest BCUT2D eigenvalue weighted by Gasteiger charge is -2.12. The fourth-order valence-electron chi connectivity index (χ4n) is 2.70. The van der Waals surface area contributed by atoms with Gasteiger partial charge in [-0.05, 0) is 37.3 Å². The molecule has 0 aliphatic carbocycles. The van der Waals surface area contributed by atoms with Crippen LogP contribution in [0, 0.1) is 0 Å². The van der Waals surface area contributed by atoms with Gasteiger partial charge in [0.1, 0.15) is 0 Å². The Kier molecular flexibility index (Phi) is 4.22. The van der Waals surface area contributed by atoms with Crippen LogP contribution in [0.4, 0.5) is 5.69 Å². The second-order valence-electron chi connectivity index (χ2n) is 5.93. The first-order valence-corrected chi connectivity index (χ1v) is 9.02. The minimum atomic E-state index is -0.315. The average molecular weight is 364 g/mol. The Morgan fingerprint density at radius 1 is 1.08 bits per heavy atom. The van der Waals surface area contributed by atoms with E-state index in [9.17, 15) is 9.59 Å². The van der Waals surface area contributed by atoms with Crippen molar-refractivity contribution in [1.29, 1.82) is 0 Å². The zero-order valence-corrected chi connectivity index (χ0v) is 14.8. The molecule has 0 aliphatic rings. The van der Waals surface area contributed by atoms with Crippen LogP contribution in [-0.2, 0) is 4.79 Å². The van der Waals surface area contributed by atoms with Crippen LogP contribution >= 0.6 is 11.8 Å². The van der Waals surface area contributed by atoms with Crippen LogP contribution in [-0.4, -0.2) is 26.1 Å². The molecule has 2 aromatic heterocycles. The first-order chi connectivity index (χ1) is 12.6. The van der Waals surface area contributed by atoms with Gasteiger partial charge in [0, 0.05) is 11.1 Å². The number of benzene rings is 2. The highest BCUT2D eigenvalue weighted by Crippen LogP contribution is 2.25. The van der Waals surface area contributed by atoms with Crippen molar-refractivity contribution in [2.75, 3.05) is 5.32 Å². The van der Waals surface area contributed by atoms with Crippen LogP contribution in [0.2, 0.25) is 0 Å². The Labute approximate surface area is 153 Å². The maximum atomic E-state index is 12.5. The Morgan fingerprint density at radius 2 is 1.88 bits per heavy atom. The van der Waals surface area contributed by atoms with Crippen LogP contribution in [0.3, 0.4) is 0 Å². The summed E-state index contributed by atoms with van der Waals surface area (Å²) in [5.41, 5.74) is 2.64. The van der Waals surface area contributed by atoms with Crippen molar-refractivity contribution in [3.8, 4) is 0 Å². The number of anilines is 1. The van der Waals surface area contributed by atoms with E-state index in [4.69, 9.17) is 0 Å². The maximum absolute atomic E-state index is 12.5. The van der Waals surface area contributed by atoms with E-state index in [1.165, 1.54) is 11.8 Å². The number of thioether (sulfide) groups is 1. The van der Waals surface area contributed by atoms with Crippen molar-refractivity contribution >= 4 is 45.3 Å². The highest BCUT2D eigenvalue weighted by atomic mass is 32.2. The van der Waals surface area contributed by atoms with Crippen molar-refractivity contribution < 1.29 is 4.79 Å². The zero-order chi connectivity index (χ0) is 18.1. The van der Waals surface area contributed by atoms with Gasteiger partial charge in [0.05, 0.1) is 26.8 Å². The lowest BCUT2D eigenvalue weighted by atomic mass is 10.2. The minimum Gasteiger partial charge on any atom is -0.325 e. The van der Waals surface area contributed by atoms with E-state index in [0.717, 1.165) is 15.9 Å². The fraction of sp³-hybridized carbons (Fsp3) is 0.105. The topological polar surface area (TPSA) is 90.6 Å². The number of hydrogen-bond donors (Lipinski definition) is 3. The summed E-state index contributed by atoms with van der Waals surface area (Å²) >= 11 is 1.41. The standard InChI is InChI=1S/C19H16N4O2S/c1-11(26-17-9-6-12-4-2-3-5-14(12)21-17)18(24)20-13-7-8-15-16(10-13)23-19(25)22-15/h2-11H,1H3,(H,20,24)(H2,22,23,25). The molecule has 130 valence electrons. The predicted octanol–water partition coefficient (Wildman–Crippen LogP) is 3.52. The summed E-state index contributed by atoms with van der Waals surface area (Å²) in [6, 6.07) is 17.1. The van der Waals surface area contributed by atoms with Gasteiger partial charge in [-0.3, -0.25) is 4.79 Å². The molecular formula is C19H16N4O2S. The first-order valence-electron chi connectivity index (χ1n) is 8.14. The molecule has 0 bridgehead atoms. The number of pyridine rings is 1. The molecule has 1 atom stereocenters. The van der Waals surface area contributed by atoms with Crippen LogP contribution in [0.1, 0.15) is 6.92 Å². The molecule has 4 aromatic rings. The van der Waals surface area contributed by atoms with Crippen molar-refractivity contribution in [2.45, 2.75) is 17.2 Å². The minimum absolute atomic E-state index is 0.123. The van der Waals surface area contributed by atoms with E-state index in [2.05, 4.69) is 20.3 Å². The molecule has 0 radical (unpaired) electrons. The number of amides is 1. The third-order valence-electron chi connectivity index (χ3n) is 4.02. The average Bonchev–Trinajstić information content (AvgIpc) is 3.01. The molecule has 0 saturated heterocycles. The summed E-state index contributed by atoms with van der Waals surface area (Å²) in [6.45, 7) is 1.84. The van der Waals surface area contributed by atoms with Gasteiger partial charge in [-0.15, -0.1) is 0 Å². The molecular weight excluding hydrogens is 348 g/mol. The molecule has 0 saturated carbocycles. The summed E-state index contributed by atoms with van der Waals surface area (Å²) in [4.78, 5) is 33.7. The number of aromatic nitrogens is 3. The molecule has 0 spiro atoms.